The average Bonchev–Trinajstić information content (AvgIpc) is 2.37. The highest BCUT2D eigenvalue weighted by Crippen LogP contribution is 2.19. The lowest BCUT2D eigenvalue weighted by atomic mass is 10.2. The molecule has 5 nitrogen and oxygen atoms in total. The maximum Gasteiger partial charge on any atom is 0.315 e. The summed E-state index contributed by atoms with van der Waals surface area (Å²) in [4.78, 5) is 22.8. The van der Waals surface area contributed by atoms with E-state index in [4.69, 9.17) is 6.42 Å². The van der Waals surface area contributed by atoms with Crippen molar-refractivity contribution in [3.63, 3.8) is 0 Å². The van der Waals surface area contributed by atoms with Crippen LogP contribution >= 0.6 is 15.9 Å². The van der Waals surface area contributed by atoms with Crippen LogP contribution in [-0.4, -0.2) is 25.0 Å². The van der Waals surface area contributed by atoms with E-state index in [0.29, 0.717) is 5.69 Å². The topological polar surface area (TPSA) is 70.2 Å². The Balaban J connectivity index is 2.43. The molecule has 0 saturated carbocycles. The second-order valence-electron chi connectivity index (χ2n) is 3.75. The van der Waals surface area contributed by atoms with Gasteiger partial charge in [0.1, 0.15) is 0 Å². The van der Waals surface area contributed by atoms with Crippen LogP contribution in [0.4, 0.5) is 10.5 Å². The molecule has 0 spiro atoms. The van der Waals surface area contributed by atoms with Gasteiger partial charge in [0.05, 0.1) is 13.1 Å². The average molecular weight is 324 g/mol. The van der Waals surface area contributed by atoms with Crippen molar-refractivity contribution in [3.8, 4) is 12.3 Å². The standard InChI is InChI=1S/C13H14BrN3O2/c1-3-6-15-13(19)16-8-12(18)17-11-5-4-10(14)7-9(11)2/h1,4-5,7H,6,8H2,2H3,(H,17,18)(H2,15,16,19). The summed E-state index contributed by atoms with van der Waals surface area (Å²) in [5, 5.41) is 7.51. The number of aryl methyl sites for hydroxylation is 1. The second kappa shape index (κ2) is 7.44. The Morgan fingerprint density at radius 3 is 2.74 bits per heavy atom. The first-order valence-corrected chi connectivity index (χ1v) is 6.33. The van der Waals surface area contributed by atoms with Crippen molar-refractivity contribution in [2.24, 2.45) is 0 Å². The zero-order valence-corrected chi connectivity index (χ0v) is 12.0. The molecule has 1 aromatic rings. The Morgan fingerprint density at radius 2 is 2.11 bits per heavy atom. The van der Waals surface area contributed by atoms with Crippen molar-refractivity contribution < 1.29 is 9.59 Å². The van der Waals surface area contributed by atoms with Gasteiger partial charge in [0.2, 0.25) is 5.91 Å². The summed E-state index contributed by atoms with van der Waals surface area (Å²) in [6, 6.07) is 5.04. The monoisotopic (exact) mass is 323 g/mol. The van der Waals surface area contributed by atoms with Crippen molar-refractivity contribution in [2.45, 2.75) is 6.92 Å². The van der Waals surface area contributed by atoms with Crippen molar-refractivity contribution in [1.29, 1.82) is 0 Å². The molecular weight excluding hydrogens is 310 g/mol. The van der Waals surface area contributed by atoms with E-state index in [1.807, 2.05) is 19.1 Å². The number of rotatable bonds is 4. The largest absolute Gasteiger partial charge is 0.329 e. The van der Waals surface area contributed by atoms with Crippen molar-refractivity contribution >= 4 is 33.6 Å². The molecule has 0 radical (unpaired) electrons. The third-order valence-electron chi connectivity index (χ3n) is 2.22. The van der Waals surface area contributed by atoms with Crippen LogP contribution in [0.15, 0.2) is 22.7 Å². The smallest absolute Gasteiger partial charge is 0.315 e. The van der Waals surface area contributed by atoms with E-state index in [0.717, 1.165) is 10.0 Å². The summed E-state index contributed by atoms with van der Waals surface area (Å²) >= 11 is 3.34. The van der Waals surface area contributed by atoms with Crippen LogP contribution in [0.2, 0.25) is 0 Å². The first-order chi connectivity index (χ1) is 9.02. The van der Waals surface area contributed by atoms with Gasteiger partial charge in [-0.2, -0.15) is 0 Å². The molecule has 0 aliphatic heterocycles. The fourth-order valence-electron chi connectivity index (χ4n) is 1.32. The highest BCUT2D eigenvalue weighted by Gasteiger charge is 2.06. The molecule has 0 aromatic heterocycles. The molecule has 3 amide bonds. The highest BCUT2D eigenvalue weighted by molar-refractivity contribution is 9.10. The molecule has 6 heteroatoms. The highest BCUT2D eigenvalue weighted by atomic mass is 79.9. The maximum atomic E-state index is 11.6. The quantitative estimate of drug-likeness (QED) is 0.737. The molecule has 0 aliphatic carbocycles. The predicted molar refractivity (Wildman–Crippen MR) is 77.7 cm³/mol. The summed E-state index contributed by atoms with van der Waals surface area (Å²) < 4.78 is 0.940. The lowest BCUT2D eigenvalue weighted by molar-refractivity contribution is -0.115. The fourth-order valence-corrected chi connectivity index (χ4v) is 1.79. The third kappa shape index (κ3) is 5.44. The molecule has 0 fully saturated rings. The van der Waals surface area contributed by atoms with Gasteiger partial charge in [-0.3, -0.25) is 4.79 Å². The molecular formula is C13H14BrN3O2. The van der Waals surface area contributed by atoms with Crippen LogP contribution in [0.25, 0.3) is 0 Å². The van der Waals surface area contributed by atoms with E-state index < -0.39 is 6.03 Å². The molecule has 0 aliphatic rings. The number of hydrogen-bond donors (Lipinski definition) is 3. The number of terminal acetylenes is 1. The van der Waals surface area contributed by atoms with Crippen molar-refractivity contribution in [3.05, 3.63) is 28.2 Å². The predicted octanol–water partition coefficient (Wildman–Crippen LogP) is 1.63. The van der Waals surface area contributed by atoms with Gasteiger partial charge < -0.3 is 16.0 Å². The van der Waals surface area contributed by atoms with Crippen molar-refractivity contribution in [2.75, 3.05) is 18.4 Å². The van der Waals surface area contributed by atoms with Gasteiger partial charge in [0.25, 0.3) is 0 Å². The number of carbonyl (C=O) groups excluding carboxylic acids is 2. The first kappa shape index (κ1) is 15.1. The van der Waals surface area contributed by atoms with E-state index >= 15 is 0 Å². The Bertz CT molecular complexity index is 523. The molecule has 3 N–H and O–H groups in total. The number of nitrogens with one attached hydrogen (secondary N) is 3. The molecule has 0 heterocycles. The lowest BCUT2D eigenvalue weighted by Gasteiger charge is -2.09. The number of urea groups is 1. The first-order valence-electron chi connectivity index (χ1n) is 5.54. The van der Waals surface area contributed by atoms with Gasteiger partial charge >= 0.3 is 6.03 Å². The number of hydrogen-bond acceptors (Lipinski definition) is 2. The summed E-state index contributed by atoms with van der Waals surface area (Å²) in [6.07, 6.45) is 4.99. The summed E-state index contributed by atoms with van der Waals surface area (Å²) in [7, 11) is 0. The van der Waals surface area contributed by atoms with Gasteiger partial charge in [-0.05, 0) is 30.7 Å². The number of anilines is 1. The molecule has 0 unspecified atom stereocenters. The van der Waals surface area contributed by atoms with Crippen LogP contribution in [0.5, 0.6) is 0 Å². The summed E-state index contributed by atoms with van der Waals surface area (Å²) in [5.74, 6) is 1.96. The zero-order valence-electron chi connectivity index (χ0n) is 10.4. The minimum absolute atomic E-state index is 0.119. The maximum absolute atomic E-state index is 11.6. The van der Waals surface area contributed by atoms with E-state index in [-0.39, 0.29) is 19.0 Å². The molecule has 100 valence electrons. The Hall–Kier alpha value is -2.00. The van der Waals surface area contributed by atoms with Gasteiger partial charge in [0, 0.05) is 10.2 Å². The number of amides is 3. The molecule has 1 rings (SSSR count). The number of carbonyl (C=O) groups is 2. The number of halogens is 1. The normalized spacial score (nSPS) is 9.32. The van der Waals surface area contributed by atoms with E-state index in [1.165, 1.54) is 0 Å². The van der Waals surface area contributed by atoms with Gasteiger partial charge in [0.15, 0.2) is 0 Å². The van der Waals surface area contributed by atoms with E-state index in [9.17, 15) is 9.59 Å². The van der Waals surface area contributed by atoms with Crippen LogP contribution in [0.3, 0.4) is 0 Å². The van der Waals surface area contributed by atoms with Crippen LogP contribution in [-0.2, 0) is 4.79 Å². The van der Waals surface area contributed by atoms with E-state index in [1.54, 1.807) is 6.07 Å². The second-order valence-corrected chi connectivity index (χ2v) is 4.66. The number of benzene rings is 1. The Labute approximate surface area is 120 Å². The summed E-state index contributed by atoms with van der Waals surface area (Å²) in [6.45, 7) is 1.89. The summed E-state index contributed by atoms with van der Waals surface area (Å²) in [5.41, 5.74) is 1.64. The van der Waals surface area contributed by atoms with E-state index in [2.05, 4.69) is 37.8 Å². The van der Waals surface area contributed by atoms with Gasteiger partial charge in [-0.25, -0.2) is 4.79 Å². The minimum atomic E-state index is -0.472. The van der Waals surface area contributed by atoms with Crippen molar-refractivity contribution in [1.82, 2.24) is 10.6 Å². The fraction of sp³-hybridized carbons (Fsp3) is 0.231. The van der Waals surface area contributed by atoms with Crippen LogP contribution < -0.4 is 16.0 Å². The van der Waals surface area contributed by atoms with Gasteiger partial charge in [-0.15, -0.1) is 6.42 Å². The molecule has 19 heavy (non-hydrogen) atoms. The van der Waals surface area contributed by atoms with Crippen LogP contribution in [0.1, 0.15) is 5.56 Å². The minimum Gasteiger partial charge on any atom is -0.329 e. The molecule has 1 aromatic carbocycles. The Kier molecular flexibility index (Phi) is 5.90. The zero-order chi connectivity index (χ0) is 14.3. The third-order valence-corrected chi connectivity index (χ3v) is 2.72. The lowest BCUT2D eigenvalue weighted by Crippen LogP contribution is -2.40. The molecule has 0 saturated heterocycles. The molecule has 0 atom stereocenters. The van der Waals surface area contributed by atoms with Crippen LogP contribution in [0, 0.1) is 19.3 Å². The molecule has 0 bridgehead atoms. The van der Waals surface area contributed by atoms with Gasteiger partial charge in [-0.1, -0.05) is 21.9 Å². The Morgan fingerprint density at radius 1 is 1.37 bits per heavy atom. The SMILES string of the molecule is C#CCNC(=O)NCC(=O)Nc1ccc(Br)cc1C.